The molecule has 0 spiro atoms. The van der Waals surface area contributed by atoms with Crippen LogP contribution in [0.5, 0.6) is 0 Å². The Morgan fingerprint density at radius 1 is 0.742 bits per heavy atom. The molecule has 1 aliphatic rings. The van der Waals surface area contributed by atoms with E-state index in [4.69, 9.17) is 23.7 Å². The molecule has 0 aromatic heterocycles. The van der Waals surface area contributed by atoms with Gasteiger partial charge in [0, 0.05) is 0 Å². The highest BCUT2D eigenvalue weighted by Crippen LogP contribution is 2.35. The highest BCUT2D eigenvalue weighted by Gasteiger charge is 2.65. The Bertz CT molecular complexity index is 608. The number of rotatable bonds is 10. The fourth-order valence-corrected chi connectivity index (χ4v) is 3.06. The smallest absolute Gasteiger partial charge is 0.350 e. The molecule has 1 fully saturated rings. The maximum Gasteiger partial charge on any atom is 0.350 e. The summed E-state index contributed by atoms with van der Waals surface area (Å²) >= 11 is 0. The summed E-state index contributed by atoms with van der Waals surface area (Å²) in [6, 6.07) is 0. The number of esters is 4. The van der Waals surface area contributed by atoms with Gasteiger partial charge < -0.3 is 33.9 Å². The first kappa shape index (κ1) is 26.5. The Labute approximate surface area is 178 Å². The lowest BCUT2D eigenvalue weighted by atomic mass is 9.72. The zero-order chi connectivity index (χ0) is 23.8. The van der Waals surface area contributed by atoms with Crippen LogP contribution in [0.4, 0.5) is 0 Å². The van der Waals surface area contributed by atoms with Gasteiger partial charge >= 0.3 is 23.9 Å². The van der Waals surface area contributed by atoms with E-state index >= 15 is 0 Å². The van der Waals surface area contributed by atoms with Crippen LogP contribution in [-0.2, 0) is 47.7 Å². The molecule has 176 valence electrons. The third-order valence-electron chi connectivity index (χ3n) is 4.61. The normalized spacial score (nSPS) is 19.4. The van der Waals surface area contributed by atoms with Gasteiger partial charge in [-0.1, -0.05) is 0 Å². The Hall–Kier alpha value is -2.57. The van der Waals surface area contributed by atoms with Crippen LogP contribution in [0.25, 0.3) is 0 Å². The molecule has 1 rings (SSSR count). The second kappa shape index (κ2) is 11.2. The van der Waals surface area contributed by atoms with Crippen LogP contribution in [-0.4, -0.2) is 90.7 Å². The molecule has 0 bridgehead atoms. The average molecular weight is 448 g/mol. The number of carbonyl (C=O) groups excluding carboxylic acids is 5. The van der Waals surface area contributed by atoms with Crippen molar-refractivity contribution >= 4 is 29.7 Å². The van der Waals surface area contributed by atoms with Gasteiger partial charge in [0.25, 0.3) is 11.2 Å². The van der Waals surface area contributed by atoms with E-state index < -0.39 is 65.9 Å². The van der Waals surface area contributed by atoms with Crippen molar-refractivity contribution in [2.75, 3.05) is 39.6 Å². The van der Waals surface area contributed by atoms with Gasteiger partial charge in [0.1, 0.15) is 0 Å². The fourth-order valence-electron chi connectivity index (χ4n) is 3.06. The van der Waals surface area contributed by atoms with Crippen LogP contribution < -0.4 is 0 Å². The molecule has 1 saturated heterocycles. The topological polar surface area (TPSA) is 172 Å². The molecule has 2 N–H and O–H groups in total. The van der Waals surface area contributed by atoms with Crippen molar-refractivity contribution in [2.24, 2.45) is 11.8 Å². The molecule has 0 radical (unpaired) electrons. The van der Waals surface area contributed by atoms with E-state index in [9.17, 15) is 34.2 Å². The molecular weight excluding hydrogens is 420 g/mol. The molecule has 1 heterocycles. The van der Waals surface area contributed by atoms with Crippen molar-refractivity contribution in [1.82, 2.24) is 0 Å². The number of ketones is 1. The Kier molecular flexibility index (Phi) is 9.53. The molecule has 1 aliphatic heterocycles. The fraction of sp³-hybridized carbons (Fsp3) is 0.737. The van der Waals surface area contributed by atoms with Crippen molar-refractivity contribution in [1.29, 1.82) is 0 Å². The molecule has 12 heteroatoms. The summed E-state index contributed by atoms with van der Waals surface area (Å²) in [6.07, 6.45) is 0. The summed E-state index contributed by atoms with van der Waals surface area (Å²) < 4.78 is 24.1. The van der Waals surface area contributed by atoms with Crippen LogP contribution >= 0.6 is 0 Å². The first-order valence-corrected chi connectivity index (χ1v) is 9.82. The van der Waals surface area contributed by atoms with Crippen molar-refractivity contribution < 1.29 is 57.9 Å². The SMILES string of the molecule is CCOC(=O)C(O)(C(=O)OCC)[C@H]1COC[C@H](C(O)(C(=O)OCC)C(=O)OCC)C1=O. The highest BCUT2D eigenvalue weighted by atomic mass is 16.6. The second-order valence-corrected chi connectivity index (χ2v) is 6.46. The number of carbonyl (C=O) groups is 5. The van der Waals surface area contributed by atoms with Crippen LogP contribution in [0.15, 0.2) is 0 Å². The Morgan fingerprint density at radius 2 is 1.00 bits per heavy atom. The quantitative estimate of drug-likeness (QED) is 0.226. The standard InChI is InChI=1S/C19H28O12/c1-5-28-14(21)18(25,15(22)29-6-2)11-9-27-10-12(13(11)20)19(26,16(23)30-7-3)17(24)31-8-4/h11-12,25-26H,5-10H2,1-4H3/t11-,12-/m0/s1. The van der Waals surface area contributed by atoms with Crippen LogP contribution in [0.3, 0.4) is 0 Å². The summed E-state index contributed by atoms with van der Waals surface area (Å²) in [7, 11) is 0. The monoisotopic (exact) mass is 448 g/mol. The van der Waals surface area contributed by atoms with Gasteiger partial charge in [-0.3, -0.25) is 4.79 Å². The minimum absolute atomic E-state index is 0.235. The average Bonchev–Trinajstić information content (AvgIpc) is 2.73. The number of hydrogen-bond donors (Lipinski definition) is 2. The van der Waals surface area contributed by atoms with E-state index in [1.54, 1.807) is 0 Å². The molecule has 0 aliphatic carbocycles. The molecular formula is C19H28O12. The van der Waals surface area contributed by atoms with E-state index in [2.05, 4.69) is 0 Å². The maximum atomic E-state index is 13.2. The lowest BCUT2D eigenvalue weighted by Crippen LogP contribution is -2.66. The summed E-state index contributed by atoms with van der Waals surface area (Å²) in [5.74, 6) is -11.0. The molecule has 0 aromatic rings. The van der Waals surface area contributed by atoms with Crippen molar-refractivity contribution in [3.8, 4) is 0 Å². The first-order valence-electron chi connectivity index (χ1n) is 9.82. The molecule has 0 amide bonds. The van der Waals surface area contributed by atoms with Gasteiger partial charge in [-0.15, -0.1) is 0 Å². The lowest BCUT2D eigenvalue weighted by Gasteiger charge is -2.39. The van der Waals surface area contributed by atoms with E-state index in [1.807, 2.05) is 0 Å². The lowest BCUT2D eigenvalue weighted by molar-refractivity contribution is -0.208. The van der Waals surface area contributed by atoms with Gasteiger partial charge in [-0.25, -0.2) is 19.2 Å². The molecule has 2 atom stereocenters. The summed E-state index contributed by atoms with van der Waals surface area (Å²) in [4.78, 5) is 62.9. The largest absolute Gasteiger partial charge is 0.463 e. The molecule has 31 heavy (non-hydrogen) atoms. The van der Waals surface area contributed by atoms with E-state index in [-0.39, 0.29) is 26.4 Å². The molecule has 0 unspecified atom stereocenters. The first-order chi connectivity index (χ1) is 14.6. The van der Waals surface area contributed by atoms with Crippen LogP contribution in [0, 0.1) is 11.8 Å². The minimum Gasteiger partial charge on any atom is -0.463 e. The van der Waals surface area contributed by atoms with Gasteiger partial charge in [0.05, 0.1) is 51.5 Å². The predicted octanol–water partition coefficient (Wildman–Crippen LogP) is -1.47. The maximum absolute atomic E-state index is 13.2. The molecule has 0 aromatic carbocycles. The number of Topliss-reactive ketones (excluding diaryl/α,β-unsaturated/α-hetero) is 1. The van der Waals surface area contributed by atoms with Gasteiger partial charge in [-0.2, -0.15) is 0 Å². The van der Waals surface area contributed by atoms with Gasteiger partial charge in [0.15, 0.2) is 5.78 Å². The molecule has 12 nitrogen and oxygen atoms in total. The van der Waals surface area contributed by atoms with Crippen LogP contribution in [0.2, 0.25) is 0 Å². The molecule has 0 saturated carbocycles. The van der Waals surface area contributed by atoms with Crippen molar-refractivity contribution in [3.63, 3.8) is 0 Å². The number of aliphatic hydroxyl groups is 2. The zero-order valence-electron chi connectivity index (χ0n) is 17.9. The number of ether oxygens (including phenoxy) is 5. The van der Waals surface area contributed by atoms with E-state index in [0.29, 0.717) is 0 Å². The summed E-state index contributed by atoms with van der Waals surface area (Å²) in [5.41, 5.74) is -6.27. The van der Waals surface area contributed by atoms with Gasteiger partial charge in [0.2, 0.25) is 0 Å². The zero-order valence-corrected chi connectivity index (χ0v) is 17.9. The van der Waals surface area contributed by atoms with Crippen molar-refractivity contribution in [2.45, 2.75) is 38.9 Å². The highest BCUT2D eigenvalue weighted by molar-refractivity contribution is 6.12. The van der Waals surface area contributed by atoms with Gasteiger partial charge in [-0.05, 0) is 27.7 Å². The number of hydrogen-bond acceptors (Lipinski definition) is 12. The van der Waals surface area contributed by atoms with E-state index in [0.717, 1.165) is 0 Å². The minimum atomic E-state index is -3.13. The summed E-state index contributed by atoms with van der Waals surface area (Å²) in [5, 5.41) is 21.8. The Morgan fingerprint density at radius 3 is 1.23 bits per heavy atom. The predicted molar refractivity (Wildman–Crippen MR) is 99.2 cm³/mol. The van der Waals surface area contributed by atoms with Crippen molar-refractivity contribution in [3.05, 3.63) is 0 Å². The summed E-state index contributed by atoms with van der Waals surface area (Å²) in [6.45, 7) is 3.40. The third kappa shape index (κ3) is 5.02. The second-order valence-electron chi connectivity index (χ2n) is 6.46. The third-order valence-corrected chi connectivity index (χ3v) is 4.61. The van der Waals surface area contributed by atoms with Crippen LogP contribution in [0.1, 0.15) is 27.7 Å². The Balaban J connectivity index is 3.48. The van der Waals surface area contributed by atoms with E-state index in [1.165, 1.54) is 27.7 Å².